The van der Waals surface area contributed by atoms with Crippen molar-refractivity contribution >= 4 is 34.4 Å². The lowest BCUT2D eigenvalue weighted by atomic mass is 10.0. The minimum absolute atomic E-state index is 0.0952. The molecule has 8 nitrogen and oxygen atoms in total. The Bertz CT molecular complexity index is 1330. The molecule has 34 heavy (non-hydrogen) atoms. The number of pyridine rings is 2. The SMILES string of the molecule is NNC(=O)c1nccc(-c2ccc3c(ccn3-c3ccccn3)c2)c1Cl.O=C(O)CC(F)(F)F. The first-order valence-electron chi connectivity index (χ1n) is 9.57. The molecule has 12 heteroatoms. The number of hydrogen-bond acceptors (Lipinski definition) is 5. The highest BCUT2D eigenvalue weighted by molar-refractivity contribution is 6.36. The maximum absolute atomic E-state index is 11.8. The van der Waals surface area contributed by atoms with Crippen LogP contribution in [0.3, 0.4) is 0 Å². The first-order chi connectivity index (χ1) is 16.1. The summed E-state index contributed by atoms with van der Waals surface area (Å²) in [5, 5.41) is 8.83. The van der Waals surface area contributed by atoms with Crippen LogP contribution >= 0.6 is 11.6 Å². The third-order valence-electron chi connectivity index (χ3n) is 4.48. The number of halogens is 4. The van der Waals surface area contributed by atoms with Crippen molar-refractivity contribution in [3.05, 3.63) is 77.8 Å². The fraction of sp³-hybridized carbons (Fsp3) is 0.0909. The molecule has 0 spiro atoms. The van der Waals surface area contributed by atoms with Crippen molar-refractivity contribution in [3.8, 4) is 16.9 Å². The van der Waals surface area contributed by atoms with Crippen LogP contribution < -0.4 is 11.3 Å². The van der Waals surface area contributed by atoms with Crippen LogP contribution in [-0.4, -0.2) is 37.7 Å². The van der Waals surface area contributed by atoms with Gasteiger partial charge in [0, 0.05) is 29.5 Å². The van der Waals surface area contributed by atoms with E-state index in [9.17, 15) is 22.8 Å². The molecule has 3 heterocycles. The number of nitrogens with one attached hydrogen (secondary N) is 1. The number of aliphatic carboxylic acids is 1. The summed E-state index contributed by atoms with van der Waals surface area (Å²) in [5.74, 6) is 3.66. The number of carbonyl (C=O) groups excluding carboxylic acids is 1. The number of carboxylic acid groups (broad SMARTS) is 1. The summed E-state index contributed by atoms with van der Waals surface area (Å²) in [6, 6.07) is 15.5. The van der Waals surface area contributed by atoms with Crippen molar-refractivity contribution in [2.24, 2.45) is 5.84 Å². The van der Waals surface area contributed by atoms with E-state index in [1.54, 1.807) is 12.3 Å². The van der Waals surface area contributed by atoms with Crippen molar-refractivity contribution in [1.29, 1.82) is 0 Å². The smallest absolute Gasteiger partial charge is 0.399 e. The van der Waals surface area contributed by atoms with Crippen LogP contribution in [0.25, 0.3) is 27.8 Å². The quantitative estimate of drug-likeness (QED) is 0.221. The zero-order valence-corrected chi connectivity index (χ0v) is 18.0. The number of benzene rings is 1. The van der Waals surface area contributed by atoms with E-state index in [4.69, 9.17) is 22.6 Å². The summed E-state index contributed by atoms with van der Waals surface area (Å²) in [4.78, 5) is 29.5. The fourth-order valence-electron chi connectivity index (χ4n) is 3.07. The largest absolute Gasteiger partial charge is 0.481 e. The fourth-order valence-corrected chi connectivity index (χ4v) is 3.38. The maximum atomic E-state index is 11.8. The Balaban J connectivity index is 0.000000350. The normalized spacial score (nSPS) is 11.0. The number of nitrogens with two attached hydrogens (primary N) is 1. The van der Waals surface area contributed by atoms with Gasteiger partial charge in [-0.1, -0.05) is 23.7 Å². The van der Waals surface area contributed by atoms with Gasteiger partial charge in [0.1, 0.15) is 17.9 Å². The van der Waals surface area contributed by atoms with Gasteiger partial charge in [-0.3, -0.25) is 15.0 Å². The number of rotatable bonds is 4. The number of nitrogen functional groups attached to an aromatic ring is 1. The average molecular weight is 492 g/mol. The van der Waals surface area contributed by atoms with Gasteiger partial charge in [-0.2, -0.15) is 13.2 Å². The highest BCUT2D eigenvalue weighted by atomic mass is 35.5. The van der Waals surface area contributed by atoms with Gasteiger partial charge in [0.2, 0.25) is 0 Å². The summed E-state index contributed by atoms with van der Waals surface area (Å²) >= 11 is 6.38. The standard InChI is InChI=1S/C19H14ClN5O.C3H3F3O2/c20-17-14(6-9-23-18(17)19(26)24-21)12-4-5-15-13(11-12)7-10-25(15)16-3-1-2-8-22-16;4-3(5,6)1-2(7)8/h1-11H,21H2,(H,24,26);1H2,(H,7,8). The number of aromatic nitrogens is 3. The molecule has 0 aliphatic heterocycles. The molecular formula is C22H17ClF3N5O3. The molecule has 3 aromatic heterocycles. The van der Waals surface area contributed by atoms with Crippen LogP contribution in [-0.2, 0) is 4.79 Å². The molecule has 0 saturated carbocycles. The Labute approximate surface area is 195 Å². The molecule has 0 aliphatic carbocycles. The van der Waals surface area contributed by atoms with Crippen LogP contribution in [0.4, 0.5) is 13.2 Å². The molecule has 4 rings (SSSR count). The summed E-state index contributed by atoms with van der Waals surface area (Å²) < 4.78 is 34.8. The lowest BCUT2D eigenvalue weighted by molar-refractivity contribution is -0.166. The molecule has 0 fully saturated rings. The molecular weight excluding hydrogens is 475 g/mol. The van der Waals surface area contributed by atoms with Gasteiger partial charge in [-0.15, -0.1) is 0 Å². The van der Waals surface area contributed by atoms with Crippen molar-refractivity contribution in [1.82, 2.24) is 20.0 Å². The van der Waals surface area contributed by atoms with Gasteiger partial charge < -0.3 is 9.67 Å². The first-order valence-corrected chi connectivity index (χ1v) is 9.95. The van der Waals surface area contributed by atoms with Crippen LogP contribution in [0.15, 0.2) is 67.1 Å². The molecule has 1 aromatic carbocycles. The van der Waals surface area contributed by atoms with Crippen molar-refractivity contribution in [2.45, 2.75) is 12.6 Å². The number of hydrazine groups is 1. The second kappa shape index (κ2) is 10.3. The van der Waals surface area contributed by atoms with Crippen molar-refractivity contribution in [2.75, 3.05) is 0 Å². The summed E-state index contributed by atoms with van der Waals surface area (Å²) in [7, 11) is 0. The predicted octanol–water partition coefficient (Wildman–Crippen LogP) is 4.37. The molecule has 176 valence electrons. The topological polar surface area (TPSA) is 123 Å². The van der Waals surface area contributed by atoms with Gasteiger partial charge in [0.15, 0.2) is 0 Å². The highest BCUT2D eigenvalue weighted by Gasteiger charge is 2.30. The predicted molar refractivity (Wildman–Crippen MR) is 119 cm³/mol. The van der Waals surface area contributed by atoms with Crippen molar-refractivity contribution < 1.29 is 27.9 Å². The van der Waals surface area contributed by atoms with E-state index in [1.807, 2.05) is 53.2 Å². The molecule has 1 amide bonds. The number of carbonyl (C=O) groups is 2. The van der Waals surface area contributed by atoms with Crippen LogP contribution in [0.1, 0.15) is 16.9 Å². The third kappa shape index (κ3) is 5.88. The number of hydrogen-bond donors (Lipinski definition) is 3. The molecule has 4 N–H and O–H groups in total. The number of amides is 1. The maximum Gasteiger partial charge on any atom is 0.399 e. The van der Waals surface area contributed by atoms with Gasteiger partial charge in [-0.05, 0) is 42.0 Å². The molecule has 0 radical (unpaired) electrons. The Morgan fingerprint density at radius 3 is 2.44 bits per heavy atom. The average Bonchev–Trinajstić information content (AvgIpc) is 3.21. The van der Waals surface area contributed by atoms with E-state index in [0.717, 1.165) is 22.3 Å². The zero-order chi connectivity index (χ0) is 24.9. The van der Waals surface area contributed by atoms with E-state index in [2.05, 4.69) is 15.4 Å². The minimum atomic E-state index is -4.58. The Kier molecular flexibility index (Phi) is 7.49. The molecule has 0 bridgehead atoms. The van der Waals surface area contributed by atoms with E-state index >= 15 is 0 Å². The Hall–Kier alpha value is -3.96. The number of carboxylic acids is 1. The highest BCUT2D eigenvalue weighted by Crippen LogP contribution is 2.32. The molecule has 0 saturated heterocycles. The van der Waals surface area contributed by atoms with E-state index in [1.165, 1.54) is 6.20 Å². The second-order valence-electron chi connectivity index (χ2n) is 6.83. The molecule has 0 aliphatic rings. The van der Waals surface area contributed by atoms with Crippen LogP contribution in [0.2, 0.25) is 5.02 Å². The van der Waals surface area contributed by atoms with Gasteiger partial charge in [0.05, 0.1) is 10.5 Å². The zero-order valence-electron chi connectivity index (χ0n) is 17.3. The number of fused-ring (bicyclic) bond motifs is 1. The van der Waals surface area contributed by atoms with Crippen molar-refractivity contribution in [3.63, 3.8) is 0 Å². The van der Waals surface area contributed by atoms with E-state index in [0.29, 0.717) is 5.56 Å². The molecule has 4 aromatic rings. The summed E-state index contributed by atoms with van der Waals surface area (Å²) in [6.45, 7) is 0. The van der Waals surface area contributed by atoms with E-state index in [-0.39, 0.29) is 10.7 Å². The van der Waals surface area contributed by atoms with Gasteiger partial charge in [0.25, 0.3) is 5.91 Å². The van der Waals surface area contributed by atoms with Crippen LogP contribution in [0, 0.1) is 0 Å². The van der Waals surface area contributed by atoms with E-state index < -0.39 is 24.5 Å². The molecule has 0 atom stereocenters. The Morgan fingerprint density at radius 1 is 1.09 bits per heavy atom. The summed E-state index contributed by atoms with van der Waals surface area (Å²) in [5.41, 5.74) is 4.78. The second-order valence-corrected chi connectivity index (χ2v) is 7.21. The number of alkyl halides is 3. The monoisotopic (exact) mass is 491 g/mol. The van der Waals surface area contributed by atoms with Gasteiger partial charge in [-0.25, -0.2) is 15.8 Å². The lowest BCUT2D eigenvalue weighted by Crippen LogP contribution is -2.31. The lowest BCUT2D eigenvalue weighted by Gasteiger charge is -2.09. The minimum Gasteiger partial charge on any atom is -0.481 e. The molecule has 0 unspecified atom stereocenters. The summed E-state index contributed by atoms with van der Waals surface area (Å²) in [6.07, 6.45) is -1.07. The Morgan fingerprint density at radius 2 is 1.85 bits per heavy atom. The first kappa shape index (κ1) is 24.7. The van der Waals surface area contributed by atoms with Crippen LogP contribution in [0.5, 0.6) is 0 Å². The number of nitrogens with zero attached hydrogens (tertiary/aromatic N) is 3. The van der Waals surface area contributed by atoms with Gasteiger partial charge >= 0.3 is 12.1 Å². The third-order valence-corrected chi connectivity index (χ3v) is 4.87.